The molecule has 0 aliphatic heterocycles. The zero-order valence-corrected chi connectivity index (χ0v) is 17.3. The number of rotatable bonds is 14. The van der Waals surface area contributed by atoms with Gasteiger partial charge >= 0.3 is 29.6 Å². The first kappa shape index (κ1) is 24.1. The van der Waals surface area contributed by atoms with Crippen LogP contribution in [-0.2, 0) is 14.4 Å². The van der Waals surface area contributed by atoms with Crippen molar-refractivity contribution >= 4 is 10.1 Å². The minimum atomic E-state index is -3.40. The molecule has 0 spiro atoms. The molecule has 0 saturated carbocycles. The van der Waals surface area contributed by atoms with Gasteiger partial charge in [0, 0.05) is 6.04 Å². The van der Waals surface area contributed by atoms with E-state index in [1.165, 1.54) is 44.9 Å². The van der Waals surface area contributed by atoms with Crippen LogP contribution in [0.15, 0.2) is 0 Å². The summed E-state index contributed by atoms with van der Waals surface area (Å²) in [4.78, 5) is 0. The maximum Gasteiger partial charge on any atom is 1.00 e. The van der Waals surface area contributed by atoms with Crippen molar-refractivity contribution in [3.63, 3.8) is 0 Å². The van der Waals surface area contributed by atoms with E-state index in [-0.39, 0.29) is 42.8 Å². The van der Waals surface area contributed by atoms with Gasteiger partial charge in [-0.1, -0.05) is 64.7 Å². The molecule has 0 heterocycles. The Morgan fingerprint density at radius 2 is 1.33 bits per heavy atom. The van der Waals surface area contributed by atoms with Crippen molar-refractivity contribution in [3.8, 4) is 0 Å². The van der Waals surface area contributed by atoms with Gasteiger partial charge in [0.15, 0.2) is 0 Å². The largest absolute Gasteiger partial charge is 1.00 e. The molecule has 0 bridgehead atoms. The van der Waals surface area contributed by atoms with E-state index in [4.69, 9.17) is 4.28 Å². The Bertz CT molecular complexity index is 314. The molecule has 0 radical (unpaired) electrons. The molecule has 0 rings (SSSR count). The van der Waals surface area contributed by atoms with Crippen LogP contribution < -0.4 is 35.0 Å². The third kappa shape index (κ3) is 18.8. The van der Waals surface area contributed by atoms with Gasteiger partial charge in [-0.2, -0.15) is 18.2 Å². The van der Waals surface area contributed by atoms with Crippen LogP contribution in [0.1, 0.15) is 86.4 Å². The monoisotopic (exact) mass is 331 g/mol. The SMILES string of the molecule is CCCCCCCCCCCCS(=O)(=O)ONC(C)C.[H-].[Na+]. The van der Waals surface area contributed by atoms with Crippen molar-refractivity contribution in [2.75, 3.05) is 5.75 Å². The van der Waals surface area contributed by atoms with Gasteiger partial charge in [-0.25, -0.2) is 0 Å². The first-order valence-corrected chi connectivity index (χ1v) is 9.72. The summed E-state index contributed by atoms with van der Waals surface area (Å²) >= 11 is 0. The van der Waals surface area contributed by atoms with Gasteiger partial charge in [0.2, 0.25) is 0 Å². The molecule has 0 aromatic heterocycles. The minimum absolute atomic E-state index is 0. The predicted octanol–water partition coefficient (Wildman–Crippen LogP) is 1.28. The van der Waals surface area contributed by atoms with Crippen molar-refractivity contribution in [1.82, 2.24) is 5.48 Å². The Morgan fingerprint density at radius 1 is 0.905 bits per heavy atom. The molecule has 0 atom stereocenters. The van der Waals surface area contributed by atoms with E-state index < -0.39 is 10.1 Å². The maximum atomic E-state index is 11.5. The molecule has 0 aliphatic carbocycles. The van der Waals surface area contributed by atoms with Crippen molar-refractivity contribution in [1.29, 1.82) is 0 Å². The molecule has 0 fully saturated rings. The van der Waals surface area contributed by atoms with E-state index in [1.807, 2.05) is 13.8 Å². The summed E-state index contributed by atoms with van der Waals surface area (Å²) in [5, 5.41) is 0. The second-order valence-electron chi connectivity index (χ2n) is 5.80. The smallest absolute Gasteiger partial charge is 1.00 e. The van der Waals surface area contributed by atoms with Gasteiger partial charge in [-0.05, 0) is 20.3 Å². The average molecular weight is 331 g/mol. The summed E-state index contributed by atoms with van der Waals surface area (Å²) in [6, 6.07) is 0.0116. The van der Waals surface area contributed by atoms with Crippen molar-refractivity contribution in [2.24, 2.45) is 0 Å². The number of unbranched alkanes of at least 4 members (excludes halogenated alkanes) is 9. The van der Waals surface area contributed by atoms with Gasteiger partial charge in [-0.3, -0.25) is 0 Å². The number of hydrogen-bond donors (Lipinski definition) is 1. The zero-order valence-electron chi connectivity index (χ0n) is 15.5. The molecule has 124 valence electrons. The standard InChI is InChI=1S/C15H33NO3S.Na.H/c1-4-5-6-7-8-9-10-11-12-13-14-20(17,18)19-16-15(2)3;;/h15-16H,4-14H2,1-3H3;;/q;+1;-1. The summed E-state index contributed by atoms with van der Waals surface area (Å²) in [6.45, 7) is 5.92. The summed E-state index contributed by atoms with van der Waals surface area (Å²) < 4.78 is 27.7. The fraction of sp³-hybridized carbons (Fsp3) is 1.00. The maximum absolute atomic E-state index is 11.5. The Hall–Kier alpha value is 0.870. The van der Waals surface area contributed by atoms with Crippen LogP contribution >= 0.6 is 0 Å². The number of hydrogen-bond acceptors (Lipinski definition) is 4. The molecule has 21 heavy (non-hydrogen) atoms. The Balaban J connectivity index is -0.00000180. The van der Waals surface area contributed by atoms with Crippen LogP contribution in [0.2, 0.25) is 0 Å². The topological polar surface area (TPSA) is 55.4 Å². The first-order valence-electron chi connectivity index (χ1n) is 8.14. The molecule has 0 aliphatic rings. The Kier molecular flexibility index (Phi) is 18.1. The van der Waals surface area contributed by atoms with Gasteiger partial charge in [0.1, 0.15) is 0 Å². The van der Waals surface area contributed by atoms with Crippen LogP contribution in [0.25, 0.3) is 0 Å². The van der Waals surface area contributed by atoms with Crippen LogP contribution in [0.5, 0.6) is 0 Å². The summed E-state index contributed by atoms with van der Waals surface area (Å²) in [7, 11) is -3.40. The van der Waals surface area contributed by atoms with Crippen molar-refractivity contribution in [2.45, 2.75) is 91.0 Å². The summed E-state index contributed by atoms with van der Waals surface area (Å²) in [6.07, 6.45) is 12.0. The molecule has 0 amide bonds. The molecular weight excluding hydrogens is 297 g/mol. The normalized spacial score (nSPS) is 11.6. The molecule has 0 unspecified atom stereocenters. The Labute approximate surface area is 155 Å². The fourth-order valence-corrected chi connectivity index (χ4v) is 2.96. The molecule has 0 aromatic rings. The quantitative estimate of drug-likeness (QED) is 0.296. The van der Waals surface area contributed by atoms with E-state index in [2.05, 4.69) is 12.4 Å². The van der Waals surface area contributed by atoms with E-state index in [0.29, 0.717) is 6.42 Å². The average Bonchev–Trinajstić information content (AvgIpc) is 2.39. The van der Waals surface area contributed by atoms with E-state index >= 15 is 0 Å². The van der Waals surface area contributed by atoms with Gasteiger partial charge < -0.3 is 1.43 Å². The van der Waals surface area contributed by atoms with E-state index in [0.717, 1.165) is 12.8 Å². The third-order valence-corrected chi connectivity index (χ3v) is 4.30. The van der Waals surface area contributed by atoms with Crippen LogP contribution in [-0.4, -0.2) is 20.2 Å². The van der Waals surface area contributed by atoms with Gasteiger partial charge in [-0.15, -0.1) is 0 Å². The summed E-state index contributed by atoms with van der Waals surface area (Å²) in [5.41, 5.74) is 2.48. The minimum Gasteiger partial charge on any atom is -1.00 e. The first-order chi connectivity index (χ1) is 9.48. The molecule has 0 saturated heterocycles. The van der Waals surface area contributed by atoms with Gasteiger partial charge in [0.25, 0.3) is 10.1 Å². The van der Waals surface area contributed by atoms with Crippen LogP contribution in [0.4, 0.5) is 0 Å². The summed E-state index contributed by atoms with van der Waals surface area (Å²) in [5.74, 6) is 0.114. The molecule has 6 heteroatoms. The van der Waals surface area contributed by atoms with E-state index in [1.54, 1.807) is 0 Å². The second-order valence-corrected chi connectivity index (χ2v) is 7.49. The van der Waals surface area contributed by atoms with Gasteiger partial charge in [0.05, 0.1) is 5.75 Å². The zero-order chi connectivity index (χ0) is 15.3. The number of hydroxylamine groups is 1. The number of nitrogens with one attached hydrogen (secondary N) is 1. The van der Waals surface area contributed by atoms with Crippen LogP contribution in [0, 0.1) is 0 Å². The predicted molar refractivity (Wildman–Crippen MR) is 86.1 cm³/mol. The molecular formula is C15H34NNaO3S. The third-order valence-electron chi connectivity index (χ3n) is 3.16. The van der Waals surface area contributed by atoms with Crippen LogP contribution in [0.3, 0.4) is 0 Å². The second kappa shape index (κ2) is 15.8. The van der Waals surface area contributed by atoms with Crippen molar-refractivity contribution < 1.29 is 43.7 Å². The Morgan fingerprint density at radius 3 is 1.76 bits per heavy atom. The molecule has 1 N–H and O–H groups in total. The van der Waals surface area contributed by atoms with E-state index in [9.17, 15) is 8.42 Å². The molecule has 0 aromatic carbocycles. The van der Waals surface area contributed by atoms with Crippen molar-refractivity contribution in [3.05, 3.63) is 0 Å². The fourth-order valence-electron chi connectivity index (χ4n) is 1.98. The molecule has 4 nitrogen and oxygen atoms in total.